The van der Waals surface area contributed by atoms with Gasteiger partial charge in [0.25, 0.3) is 0 Å². The Morgan fingerprint density at radius 2 is 1.90 bits per heavy atom. The lowest BCUT2D eigenvalue weighted by Gasteiger charge is -2.18. The van der Waals surface area contributed by atoms with Crippen LogP contribution in [0.15, 0.2) is 6.07 Å². The Hall–Kier alpha value is -1.29. The molecule has 0 fully saturated rings. The second-order valence-electron chi connectivity index (χ2n) is 5.13. The molecule has 0 aliphatic heterocycles. The Bertz CT molecular complexity index is 433. The summed E-state index contributed by atoms with van der Waals surface area (Å²) in [4.78, 5) is 13.7. The number of amides is 1. The summed E-state index contributed by atoms with van der Waals surface area (Å²) in [6, 6.07) is 2.23. The van der Waals surface area contributed by atoms with Crippen LogP contribution >= 0.6 is 0 Å². The lowest BCUT2D eigenvalue weighted by Crippen LogP contribution is -2.32. The van der Waals surface area contributed by atoms with Crippen molar-refractivity contribution in [1.82, 2.24) is 14.8 Å². The molecule has 1 amide bonds. The van der Waals surface area contributed by atoms with E-state index in [1.54, 1.807) is 0 Å². The van der Waals surface area contributed by atoms with Crippen LogP contribution in [0.4, 0.5) is 0 Å². The summed E-state index contributed by atoms with van der Waals surface area (Å²) in [5.74, 6) is 0.238. The van der Waals surface area contributed by atoms with Crippen molar-refractivity contribution in [3.63, 3.8) is 0 Å². The van der Waals surface area contributed by atoms with Gasteiger partial charge in [-0.3, -0.25) is 4.79 Å². The molecule has 0 aromatic carbocycles. The van der Waals surface area contributed by atoms with Crippen molar-refractivity contribution in [3.05, 3.63) is 23.0 Å². The molecule has 1 N–H and O–H groups in total. The van der Waals surface area contributed by atoms with E-state index in [9.17, 15) is 4.79 Å². The van der Waals surface area contributed by atoms with Gasteiger partial charge in [-0.15, -0.1) is 0 Å². The van der Waals surface area contributed by atoms with E-state index < -0.39 is 0 Å². The molecule has 114 valence electrons. The average Bonchev–Trinajstić information content (AvgIpc) is 2.70. The van der Waals surface area contributed by atoms with Crippen LogP contribution < -0.4 is 5.32 Å². The zero-order valence-corrected chi connectivity index (χ0v) is 13.6. The zero-order chi connectivity index (χ0) is 15.1. The standard InChI is InChI=1S/C16H29N3O/c1-6-18(7-2)16(20)9-10-17-12-15-11-13(4)19(8-3)14(15)5/h11,17H,6-10,12H2,1-5H3. The van der Waals surface area contributed by atoms with Crippen LogP contribution in [-0.2, 0) is 17.9 Å². The number of aryl methyl sites for hydroxylation is 1. The van der Waals surface area contributed by atoms with Crippen molar-refractivity contribution in [2.45, 2.75) is 54.1 Å². The molecule has 0 radical (unpaired) electrons. The number of aromatic nitrogens is 1. The van der Waals surface area contributed by atoms with Crippen molar-refractivity contribution in [2.24, 2.45) is 0 Å². The Morgan fingerprint density at radius 1 is 1.25 bits per heavy atom. The number of nitrogens with zero attached hydrogens (tertiary/aromatic N) is 2. The number of rotatable bonds is 8. The number of hydrogen-bond acceptors (Lipinski definition) is 2. The Balaban J connectivity index is 2.40. The molecule has 4 nitrogen and oxygen atoms in total. The topological polar surface area (TPSA) is 37.3 Å². The van der Waals surface area contributed by atoms with Gasteiger partial charge < -0.3 is 14.8 Å². The van der Waals surface area contributed by atoms with E-state index in [1.807, 2.05) is 18.7 Å². The van der Waals surface area contributed by atoms with Crippen LogP contribution in [0.3, 0.4) is 0 Å². The third kappa shape index (κ3) is 4.10. The van der Waals surface area contributed by atoms with E-state index in [1.165, 1.54) is 17.0 Å². The normalized spacial score (nSPS) is 10.8. The molecule has 20 heavy (non-hydrogen) atoms. The largest absolute Gasteiger partial charge is 0.349 e. The molecule has 0 bridgehead atoms. The van der Waals surface area contributed by atoms with Crippen molar-refractivity contribution < 1.29 is 4.79 Å². The van der Waals surface area contributed by atoms with Crippen LogP contribution in [-0.4, -0.2) is 35.0 Å². The fourth-order valence-corrected chi connectivity index (χ4v) is 2.69. The summed E-state index contributed by atoms with van der Waals surface area (Å²) in [6.07, 6.45) is 0.578. The van der Waals surface area contributed by atoms with Crippen molar-refractivity contribution in [3.8, 4) is 0 Å². The Kier molecular flexibility index (Phi) is 6.79. The number of carbonyl (C=O) groups is 1. The minimum absolute atomic E-state index is 0.238. The molecule has 4 heteroatoms. The van der Waals surface area contributed by atoms with E-state index in [0.29, 0.717) is 6.42 Å². The molecule has 1 heterocycles. The van der Waals surface area contributed by atoms with Crippen molar-refractivity contribution in [1.29, 1.82) is 0 Å². The summed E-state index contributed by atoms with van der Waals surface area (Å²) in [7, 11) is 0. The highest BCUT2D eigenvalue weighted by molar-refractivity contribution is 5.76. The van der Waals surface area contributed by atoms with Gasteiger partial charge in [0, 0.05) is 50.5 Å². The highest BCUT2D eigenvalue weighted by atomic mass is 16.2. The number of nitrogens with one attached hydrogen (secondary N) is 1. The molecule has 1 aromatic rings. The molecular weight excluding hydrogens is 250 g/mol. The fraction of sp³-hybridized carbons (Fsp3) is 0.688. The minimum atomic E-state index is 0.238. The first kappa shape index (κ1) is 16.8. The maximum atomic E-state index is 11.9. The third-order valence-corrected chi connectivity index (χ3v) is 3.94. The second kappa shape index (κ2) is 8.10. The lowest BCUT2D eigenvalue weighted by molar-refractivity contribution is -0.130. The third-order valence-electron chi connectivity index (χ3n) is 3.94. The van der Waals surface area contributed by atoms with Crippen LogP contribution in [0.1, 0.15) is 44.1 Å². The van der Waals surface area contributed by atoms with Crippen molar-refractivity contribution in [2.75, 3.05) is 19.6 Å². The quantitative estimate of drug-likeness (QED) is 0.742. The van der Waals surface area contributed by atoms with Gasteiger partial charge >= 0.3 is 0 Å². The van der Waals surface area contributed by atoms with E-state index in [2.05, 4.69) is 36.7 Å². The monoisotopic (exact) mass is 279 g/mol. The molecule has 0 saturated carbocycles. The average molecular weight is 279 g/mol. The highest BCUT2D eigenvalue weighted by Gasteiger charge is 2.10. The predicted octanol–water partition coefficient (Wildman–Crippen LogP) is 2.47. The minimum Gasteiger partial charge on any atom is -0.349 e. The van der Waals surface area contributed by atoms with Crippen molar-refractivity contribution >= 4 is 5.91 Å². The van der Waals surface area contributed by atoms with Crippen LogP contribution in [0.2, 0.25) is 0 Å². The first-order chi connectivity index (χ1) is 9.54. The summed E-state index contributed by atoms with van der Waals surface area (Å²) in [5, 5.41) is 3.38. The van der Waals surface area contributed by atoms with E-state index in [0.717, 1.165) is 32.7 Å². The van der Waals surface area contributed by atoms with Gasteiger partial charge in [-0.1, -0.05) is 0 Å². The smallest absolute Gasteiger partial charge is 0.223 e. The molecule has 0 atom stereocenters. The molecular formula is C16H29N3O. The first-order valence-corrected chi connectivity index (χ1v) is 7.69. The maximum absolute atomic E-state index is 11.9. The molecule has 0 aliphatic rings. The molecule has 1 rings (SSSR count). The zero-order valence-electron chi connectivity index (χ0n) is 13.6. The Labute approximate surface area is 123 Å². The van der Waals surface area contributed by atoms with E-state index in [4.69, 9.17) is 0 Å². The summed E-state index contributed by atoms with van der Waals surface area (Å²) in [6.45, 7) is 14.7. The van der Waals surface area contributed by atoms with Gasteiger partial charge in [0.05, 0.1) is 0 Å². The molecule has 1 aromatic heterocycles. The molecule has 0 unspecified atom stereocenters. The lowest BCUT2D eigenvalue weighted by atomic mass is 10.2. The SMILES string of the molecule is CCN(CC)C(=O)CCNCc1cc(C)n(CC)c1C. The molecule has 0 spiro atoms. The van der Waals surface area contributed by atoms with E-state index in [-0.39, 0.29) is 5.91 Å². The molecule has 0 aliphatic carbocycles. The van der Waals surface area contributed by atoms with Crippen LogP contribution in [0.5, 0.6) is 0 Å². The van der Waals surface area contributed by atoms with Crippen LogP contribution in [0.25, 0.3) is 0 Å². The van der Waals surface area contributed by atoms with Gasteiger partial charge in [-0.05, 0) is 46.2 Å². The predicted molar refractivity (Wildman–Crippen MR) is 83.8 cm³/mol. The maximum Gasteiger partial charge on any atom is 0.223 e. The van der Waals surface area contributed by atoms with Gasteiger partial charge in [0.2, 0.25) is 5.91 Å². The number of hydrogen-bond donors (Lipinski definition) is 1. The molecule has 0 saturated heterocycles. The van der Waals surface area contributed by atoms with Gasteiger partial charge in [0.1, 0.15) is 0 Å². The van der Waals surface area contributed by atoms with Gasteiger partial charge in [-0.25, -0.2) is 0 Å². The second-order valence-corrected chi connectivity index (χ2v) is 5.13. The number of carbonyl (C=O) groups excluding carboxylic acids is 1. The Morgan fingerprint density at radius 3 is 2.40 bits per heavy atom. The summed E-state index contributed by atoms with van der Waals surface area (Å²) < 4.78 is 2.32. The first-order valence-electron chi connectivity index (χ1n) is 7.69. The fourth-order valence-electron chi connectivity index (χ4n) is 2.69. The van der Waals surface area contributed by atoms with Gasteiger partial charge in [0.15, 0.2) is 0 Å². The van der Waals surface area contributed by atoms with Crippen LogP contribution in [0, 0.1) is 13.8 Å². The summed E-state index contributed by atoms with van der Waals surface area (Å²) in [5.41, 5.74) is 3.97. The highest BCUT2D eigenvalue weighted by Crippen LogP contribution is 2.14. The van der Waals surface area contributed by atoms with Gasteiger partial charge in [-0.2, -0.15) is 0 Å². The van der Waals surface area contributed by atoms with E-state index >= 15 is 0 Å². The summed E-state index contributed by atoms with van der Waals surface area (Å²) >= 11 is 0.